The van der Waals surface area contributed by atoms with Crippen molar-refractivity contribution in [1.82, 2.24) is 5.32 Å². The summed E-state index contributed by atoms with van der Waals surface area (Å²) in [6, 6.07) is 7.44. The number of aryl methyl sites for hydroxylation is 1. The molecule has 1 amide bonds. The fraction of sp³-hybridized carbons (Fsp3) is 0.250. The second kappa shape index (κ2) is 5.08. The molecule has 0 saturated heterocycles. The largest absolute Gasteiger partial charge is 0.351 e. The SMILES string of the molecule is C#CCCNC(=O)c1ccc(C)cc1. The summed E-state index contributed by atoms with van der Waals surface area (Å²) in [7, 11) is 0. The molecule has 1 aromatic carbocycles. The molecule has 0 bridgehead atoms. The van der Waals surface area contributed by atoms with Crippen LogP contribution >= 0.6 is 0 Å². The summed E-state index contributed by atoms with van der Waals surface area (Å²) in [5, 5.41) is 2.74. The molecule has 0 aliphatic heterocycles. The van der Waals surface area contributed by atoms with E-state index in [4.69, 9.17) is 6.42 Å². The number of carbonyl (C=O) groups is 1. The zero-order valence-corrected chi connectivity index (χ0v) is 8.21. The Labute approximate surface area is 84.3 Å². The van der Waals surface area contributed by atoms with E-state index in [1.165, 1.54) is 0 Å². The zero-order valence-electron chi connectivity index (χ0n) is 8.21. The van der Waals surface area contributed by atoms with Crippen molar-refractivity contribution in [2.45, 2.75) is 13.3 Å². The van der Waals surface area contributed by atoms with E-state index >= 15 is 0 Å². The molecule has 0 atom stereocenters. The second-order valence-electron chi connectivity index (χ2n) is 3.08. The fourth-order valence-corrected chi connectivity index (χ4v) is 1.06. The van der Waals surface area contributed by atoms with E-state index in [0.717, 1.165) is 5.56 Å². The number of benzene rings is 1. The normalized spacial score (nSPS) is 9.14. The van der Waals surface area contributed by atoms with Crippen LogP contribution in [0.5, 0.6) is 0 Å². The molecule has 1 aromatic rings. The molecule has 0 aliphatic carbocycles. The highest BCUT2D eigenvalue weighted by Crippen LogP contribution is 2.02. The van der Waals surface area contributed by atoms with Crippen molar-refractivity contribution in [2.24, 2.45) is 0 Å². The van der Waals surface area contributed by atoms with Crippen LogP contribution in [0.4, 0.5) is 0 Å². The molecular weight excluding hydrogens is 174 g/mol. The van der Waals surface area contributed by atoms with Crippen LogP contribution in [0.15, 0.2) is 24.3 Å². The van der Waals surface area contributed by atoms with E-state index in [0.29, 0.717) is 18.5 Å². The van der Waals surface area contributed by atoms with Gasteiger partial charge in [0.2, 0.25) is 0 Å². The molecule has 0 radical (unpaired) electrons. The minimum atomic E-state index is -0.0692. The number of carbonyl (C=O) groups excluding carboxylic acids is 1. The summed E-state index contributed by atoms with van der Waals surface area (Å²) in [6.07, 6.45) is 5.64. The molecule has 1 N–H and O–H groups in total. The summed E-state index contributed by atoms with van der Waals surface area (Å²) in [5.74, 6) is 2.40. The van der Waals surface area contributed by atoms with Crippen LogP contribution in [0.1, 0.15) is 22.3 Å². The predicted molar refractivity (Wildman–Crippen MR) is 57.0 cm³/mol. The average molecular weight is 187 g/mol. The Balaban J connectivity index is 2.53. The highest BCUT2D eigenvalue weighted by Gasteiger charge is 2.02. The highest BCUT2D eigenvalue weighted by molar-refractivity contribution is 5.94. The van der Waals surface area contributed by atoms with Crippen LogP contribution in [0.25, 0.3) is 0 Å². The van der Waals surface area contributed by atoms with Crippen molar-refractivity contribution in [3.63, 3.8) is 0 Å². The topological polar surface area (TPSA) is 29.1 Å². The lowest BCUT2D eigenvalue weighted by Crippen LogP contribution is -2.24. The molecule has 72 valence electrons. The van der Waals surface area contributed by atoms with Gasteiger partial charge in [-0.1, -0.05) is 17.7 Å². The summed E-state index contributed by atoms with van der Waals surface area (Å²) in [4.78, 5) is 11.5. The van der Waals surface area contributed by atoms with Crippen LogP contribution in [0.3, 0.4) is 0 Å². The third kappa shape index (κ3) is 2.95. The van der Waals surface area contributed by atoms with Gasteiger partial charge in [0, 0.05) is 18.5 Å². The van der Waals surface area contributed by atoms with Crippen LogP contribution in [-0.4, -0.2) is 12.5 Å². The van der Waals surface area contributed by atoms with Gasteiger partial charge in [-0.2, -0.15) is 0 Å². The Morgan fingerprint density at radius 2 is 2.07 bits per heavy atom. The van der Waals surface area contributed by atoms with Crippen LogP contribution in [0.2, 0.25) is 0 Å². The summed E-state index contributed by atoms with van der Waals surface area (Å²) in [6.45, 7) is 2.52. The predicted octanol–water partition coefficient (Wildman–Crippen LogP) is 1.75. The number of hydrogen-bond acceptors (Lipinski definition) is 1. The highest BCUT2D eigenvalue weighted by atomic mass is 16.1. The Morgan fingerprint density at radius 3 is 2.64 bits per heavy atom. The molecule has 2 nitrogen and oxygen atoms in total. The van der Waals surface area contributed by atoms with Gasteiger partial charge in [-0.15, -0.1) is 12.3 Å². The Morgan fingerprint density at radius 1 is 1.43 bits per heavy atom. The third-order valence-electron chi connectivity index (χ3n) is 1.87. The molecule has 0 spiro atoms. The number of amides is 1. The van der Waals surface area contributed by atoms with Gasteiger partial charge >= 0.3 is 0 Å². The van der Waals surface area contributed by atoms with Crippen LogP contribution < -0.4 is 5.32 Å². The van der Waals surface area contributed by atoms with Gasteiger partial charge < -0.3 is 5.32 Å². The molecule has 14 heavy (non-hydrogen) atoms. The van der Waals surface area contributed by atoms with Gasteiger partial charge in [-0.05, 0) is 19.1 Å². The van der Waals surface area contributed by atoms with Gasteiger partial charge in [-0.25, -0.2) is 0 Å². The van der Waals surface area contributed by atoms with E-state index in [1.54, 1.807) is 12.1 Å². The van der Waals surface area contributed by atoms with Gasteiger partial charge in [0.05, 0.1) is 0 Å². The number of hydrogen-bond donors (Lipinski definition) is 1. The number of nitrogens with one attached hydrogen (secondary N) is 1. The van der Waals surface area contributed by atoms with Crippen molar-refractivity contribution in [2.75, 3.05) is 6.54 Å². The van der Waals surface area contributed by atoms with E-state index in [-0.39, 0.29) is 5.91 Å². The van der Waals surface area contributed by atoms with E-state index < -0.39 is 0 Å². The number of terminal acetylenes is 1. The summed E-state index contributed by atoms with van der Waals surface area (Å²) < 4.78 is 0. The lowest BCUT2D eigenvalue weighted by molar-refractivity contribution is 0.0954. The smallest absolute Gasteiger partial charge is 0.251 e. The van der Waals surface area contributed by atoms with Crippen LogP contribution in [0, 0.1) is 19.3 Å². The Kier molecular flexibility index (Phi) is 3.75. The molecule has 0 fully saturated rings. The maximum atomic E-state index is 11.5. The van der Waals surface area contributed by atoms with Crippen molar-refractivity contribution >= 4 is 5.91 Å². The van der Waals surface area contributed by atoms with Crippen LogP contribution in [-0.2, 0) is 0 Å². The maximum Gasteiger partial charge on any atom is 0.251 e. The standard InChI is InChI=1S/C12H13NO/c1-3-4-9-13-12(14)11-7-5-10(2)6-8-11/h1,5-8H,4,9H2,2H3,(H,13,14). The Bertz CT molecular complexity index is 346. The molecule has 1 rings (SSSR count). The van der Waals surface area contributed by atoms with E-state index in [2.05, 4.69) is 11.2 Å². The van der Waals surface area contributed by atoms with Gasteiger partial charge in [0.25, 0.3) is 5.91 Å². The van der Waals surface area contributed by atoms with Gasteiger partial charge in [0.1, 0.15) is 0 Å². The lowest BCUT2D eigenvalue weighted by Gasteiger charge is -2.02. The minimum Gasteiger partial charge on any atom is -0.351 e. The third-order valence-corrected chi connectivity index (χ3v) is 1.87. The first-order valence-electron chi connectivity index (χ1n) is 4.52. The molecule has 2 heteroatoms. The van der Waals surface area contributed by atoms with E-state index in [9.17, 15) is 4.79 Å². The lowest BCUT2D eigenvalue weighted by atomic mass is 10.1. The quantitative estimate of drug-likeness (QED) is 0.567. The zero-order chi connectivity index (χ0) is 10.4. The van der Waals surface area contributed by atoms with Crippen molar-refractivity contribution in [3.05, 3.63) is 35.4 Å². The summed E-state index contributed by atoms with van der Waals surface area (Å²) >= 11 is 0. The maximum absolute atomic E-state index is 11.5. The molecular formula is C12H13NO. The second-order valence-corrected chi connectivity index (χ2v) is 3.08. The van der Waals surface area contributed by atoms with Crippen molar-refractivity contribution < 1.29 is 4.79 Å². The first-order valence-corrected chi connectivity index (χ1v) is 4.52. The molecule has 0 aromatic heterocycles. The van der Waals surface area contributed by atoms with Crippen molar-refractivity contribution in [3.8, 4) is 12.3 Å². The summed E-state index contributed by atoms with van der Waals surface area (Å²) in [5.41, 5.74) is 1.82. The average Bonchev–Trinajstić information content (AvgIpc) is 2.19. The molecule has 0 aliphatic rings. The monoisotopic (exact) mass is 187 g/mol. The Hall–Kier alpha value is -1.75. The van der Waals surface area contributed by atoms with Gasteiger partial charge in [0.15, 0.2) is 0 Å². The first kappa shape index (κ1) is 10.3. The number of rotatable bonds is 3. The van der Waals surface area contributed by atoms with Gasteiger partial charge in [-0.3, -0.25) is 4.79 Å². The van der Waals surface area contributed by atoms with Crippen molar-refractivity contribution in [1.29, 1.82) is 0 Å². The molecule has 0 saturated carbocycles. The molecule has 0 heterocycles. The minimum absolute atomic E-state index is 0.0692. The van der Waals surface area contributed by atoms with E-state index in [1.807, 2.05) is 19.1 Å². The molecule has 0 unspecified atom stereocenters. The fourth-order valence-electron chi connectivity index (χ4n) is 1.06. The first-order chi connectivity index (χ1) is 6.74.